The molecule has 1 unspecified atom stereocenters. The fourth-order valence-corrected chi connectivity index (χ4v) is 3.24. The number of amides is 1. The maximum Gasteiger partial charge on any atom is 0.221 e. The summed E-state index contributed by atoms with van der Waals surface area (Å²) in [7, 11) is 0. The van der Waals surface area contributed by atoms with Gasteiger partial charge in [0.05, 0.1) is 28.3 Å². The minimum absolute atomic E-state index is 0.190. The van der Waals surface area contributed by atoms with Gasteiger partial charge < -0.3 is 15.2 Å². The van der Waals surface area contributed by atoms with Gasteiger partial charge >= 0.3 is 0 Å². The number of carbonyl (C=O) groups is 1. The topological polar surface area (TPSA) is 84.5 Å². The Hall–Kier alpha value is -3.16. The second-order valence-corrected chi connectivity index (χ2v) is 6.55. The molecule has 0 saturated heterocycles. The summed E-state index contributed by atoms with van der Waals surface area (Å²) in [4.78, 5) is 11.2. The predicted molar refractivity (Wildman–Crippen MR) is 108 cm³/mol. The first kappa shape index (κ1) is 18.6. The Kier molecular flexibility index (Phi) is 5.85. The lowest BCUT2D eigenvalue weighted by molar-refractivity contribution is -0.114. The highest BCUT2D eigenvalue weighted by Gasteiger charge is 2.14. The van der Waals surface area contributed by atoms with E-state index in [4.69, 9.17) is 0 Å². The number of para-hydroxylation sites is 3. The Morgan fingerprint density at radius 2 is 1.52 bits per heavy atom. The molecular formula is C20H18N3O3S-. The smallest absolute Gasteiger partial charge is 0.221 e. The van der Waals surface area contributed by atoms with E-state index >= 15 is 0 Å². The fourth-order valence-electron chi connectivity index (χ4n) is 2.62. The van der Waals surface area contributed by atoms with Crippen molar-refractivity contribution in [2.45, 2.75) is 6.92 Å². The van der Waals surface area contributed by atoms with Crippen molar-refractivity contribution >= 4 is 45.6 Å². The molecule has 6 nitrogen and oxygen atoms in total. The van der Waals surface area contributed by atoms with Gasteiger partial charge in [0, 0.05) is 18.3 Å². The third-order valence-corrected chi connectivity index (χ3v) is 4.45. The molecule has 7 heteroatoms. The Morgan fingerprint density at radius 3 is 2.15 bits per heavy atom. The molecule has 0 fully saturated rings. The van der Waals surface area contributed by atoms with E-state index < -0.39 is 11.3 Å². The number of carbonyl (C=O) groups excluding carboxylic acids is 1. The molecule has 0 saturated carbocycles. The van der Waals surface area contributed by atoms with Crippen LogP contribution in [0.2, 0.25) is 0 Å². The van der Waals surface area contributed by atoms with Crippen molar-refractivity contribution in [1.29, 1.82) is 0 Å². The lowest BCUT2D eigenvalue weighted by atomic mass is 10.2. The molecule has 0 aromatic heterocycles. The van der Waals surface area contributed by atoms with Crippen molar-refractivity contribution in [3.05, 3.63) is 78.9 Å². The van der Waals surface area contributed by atoms with Gasteiger partial charge in [-0.2, -0.15) is 0 Å². The number of benzene rings is 3. The summed E-state index contributed by atoms with van der Waals surface area (Å²) < 4.78 is 25.2. The Labute approximate surface area is 160 Å². The van der Waals surface area contributed by atoms with E-state index in [0.29, 0.717) is 22.7 Å². The summed E-state index contributed by atoms with van der Waals surface area (Å²) in [5.74, 6) is -0.190. The van der Waals surface area contributed by atoms with E-state index in [1.165, 1.54) is 11.2 Å². The zero-order chi connectivity index (χ0) is 19.2. The van der Waals surface area contributed by atoms with Gasteiger partial charge in [-0.05, 0) is 48.5 Å². The second-order valence-electron chi connectivity index (χ2n) is 5.75. The van der Waals surface area contributed by atoms with Crippen LogP contribution in [-0.2, 0) is 16.1 Å². The van der Waals surface area contributed by atoms with Crippen LogP contribution in [0.5, 0.6) is 0 Å². The van der Waals surface area contributed by atoms with Crippen molar-refractivity contribution < 1.29 is 13.6 Å². The van der Waals surface area contributed by atoms with Gasteiger partial charge in [0.25, 0.3) is 0 Å². The summed E-state index contributed by atoms with van der Waals surface area (Å²) in [6.45, 7) is 1.42. The minimum atomic E-state index is -2.53. The van der Waals surface area contributed by atoms with E-state index in [9.17, 15) is 13.6 Å². The minimum Gasteiger partial charge on any atom is -0.755 e. The normalized spacial score (nSPS) is 11.5. The Balaban J connectivity index is 1.96. The third-order valence-electron chi connectivity index (χ3n) is 3.75. The van der Waals surface area contributed by atoms with Crippen LogP contribution in [0.3, 0.4) is 0 Å². The van der Waals surface area contributed by atoms with E-state index in [-0.39, 0.29) is 5.91 Å². The van der Waals surface area contributed by atoms with Crippen molar-refractivity contribution in [3.8, 4) is 0 Å². The SMILES string of the molecule is CC(=O)Nc1ccc(N(c2ccccc2Nc2ccccc2)S(=O)[O-])cc1. The van der Waals surface area contributed by atoms with Gasteiger partial charge in [-0.25, -0.2) is 0 Å². The zero-order valence-electron chi connectivity index (χ0n) is 14.6. The molecule has 3 rings (SSSR count). The van der Waals surface area contributed by atoms with Gasteiger partial charge in [0.2, 0.25) is 5.91 Å². The van der Waals surface area contributed by atoms with Crippen LogP contribution in [0, 0.1) is 0 Å². The summed E-state index contributed by atoms with van der Waals surface area (Å²) in [6.07, 6.45) is 0. The highest BCUT2D eigenvalue weighted by Crippen LogP contribution is 2.35. The van der Waals surface area contributed by atoms with Crippen LogP contribution in [0.1, 0.15) is 6.92 Å². The highest BCUT2D eigenvalue weighted by molar-refractivity contribution is 7.81. The van der Waals surface area contributed by atoms with Crippen LogP contribution < -0.4 is 14.9 Å². The number of rotatable bonds is 6. The molecule has 27 heavy (non-hydrogen) atoms. The molecule has 0 aliphatic rings. The van der Waals surface area contributed by atoms with Crippen LogP contribution in [0.15, 0.2) is 78.9 Å². The molecule has 0 bridgehead atoms. The van der Waals surface area contributed by atoms with Crippen LogP contribution in [-0.4, -0.2) is 14.7 Å². The monoisotopic (exact) mass is 380 g/mol. The van der Waals surface area contributed by atoms with Crippen molar-refractivity contribution in [1.82, 2.24) is 0 Å². The molecule has 1 amide bonds. The van der Waals surface area contributed by atoms with Gasteiger partial charge in [-0.15, -0.1) is 0 Å². The van der Waals surface area contributed by atoms with E-state index in [1.54, 1.807) is 36.4 Å². The maximum atomic E-state index is 12.0. The largest absolute Gasteiger partial charge is 0.755 e. The average molecular weight is 380 g/mol. The first-order valence-electron chi connectivity index (χ1n) is 8.23. The van der Waals surface area contributed by atoms with Crippen LogP contribution >= 0.6 is 0 Å². The number of anilines is 5. The quantitative estimate of drug-likeness (QED) is 0.624. The van der Waals surface area contributed by atoms with Gasteiger partial charge in [0.15, 0.2) is 0 Å². The highest BCUT2D eigenvalue weighted by atomic mass is 32.2. The van der Waals surface area contributed by atoms with E-state index in [1.807, 2.05) is 42.5 Å². The molecule has 138 valence electrons. The molecule has 1 atom stereocenters. The van der Waals surface area contributed by atoms with E-state index in [2.05, 4.69) is 10.6 Å². The molecule has 0 heterocycles. The first-order chi connectivity index (χ1) is 13.0. The lowest BCUT2D eigenvalue weighted by Gasteiger charge is -2.28. The van der Waals surface area contributed by atoms with Gasteiger partial charge in [0.1, 0.15) is 0 Å². The molecule has 0 aliphatic carbocycles. The second kappa shape index (κ2) is 8.48. The lowest BCUT2D eigenvalue weighted by Crippen LogP contribution is -2.20. The summed E-state index contributed by atoms with van der Waals surface area (Å²) in [5.41, 5.74) is 3.04. The van der Waals surface area contributed by atoms with Crippen molar-refractivity contribution in [2.24, 2.45) is 0 Å². The summed E-state index contributed by atoms with van der Waals surface area (Å²) >= 11 is -2.53. The molecule has 0 radical (unpaired) electrons. The average Bonchev–Trinajstić information content (AvgIpc) is 2.65. The third kappa shape index (κ3) is 4.72. The molecule has 0 aliphatic heterocycles. The van der Waals surface area contributed by atoms with Gasteiger partial charge in [-0.1, -0.05) is 30.3 Å². The van der Waals surface area contributed by atoms with Crippen LogP contribution in [0.25, 0.3) is 0 Å². The zero-order valence-corrected chi connectivity index (χ0v) is 15.4. The molecular weight excluding hydrogens is 362 g/mol. The van der Waals surface area contributed by atoms with Gasteiger partial charge in [-0.3, -0.25) is 13.3 Å². The Bertz CT molecular complexity index is 946. The number of hydrogen-bond acceptors (Lipinski definition) is 4. The summed E-state index contributed by atoms with van der Waals surface area (Å²) in [5, 5.41) is 5.90. The van der Waals surface area contributed by atoms with Crippen LogP contribution in [0.4, 0.5) is 28.4 Å². The predicted octanol–water partition coefficient (Wildman–Crippen LogP) is 4.32. The standard InChI is InChI=1S/C20H19N3O3S/c1-15(24)21-17-11-13-18(14-12-17)23(27(25)26)20-10-6-5-9-19(20)22-16-7-3-2-4-8-16/h2-14,22H,1H3,(H,21,24)(H,25,26)/p-1. The Morgan fingerprint density at radius 1 is 0.889 bits per heavy atom. The van der Waals surface area contributed by atoms with Crippen molar-refractivity contribution in [3.63, 3.8) is 0 Å². The van der Waals surface area contributed by atoms with E-state index in [0.717, 1.165) is 5.69 Å². The number of nitrogens with zero attached hydrogens (tertiary/aromatic N) is 1. The number of hydrogen-bond donors (Lipinski definition) is 2. The maximum absolute atomic E-state index is 12.0. The first-order valence-corrected chi connectivity index (χ1v) is 9.26. The molecule has 3 aromatic rings. The fraction of sp³-hybridized carbons (Fsp3) is 0.0500. The molecule has 0 spiro atoms. The molecule has 2 N–H and O–H groups in total. The molecule has 3 aromatic carbocycles. The van der Waals surface area contributed by atoms with Crippen molar-refractivity contribution in [2.75, 3.05) is 14.9 Å². The number of nitrogens with one attached hydrogen (secondary N) is 2. The summed E-state index contributed by atoms with van der Waals surface area (Å²) in [6, 6.07) is 23.2.